The van der Waals surface area contributed by atoms with Crippen LogP contribution in [-0.2, 0) is 19.9 Å². The van der Waals surface area contributed by atoms with E-state index in [2.05, 4.69) is 4.98 Å². The molecule has 130 valence electrons. The summed E-state index contributed by atoms with van der Waals surface area (Å²) in [4.78, 5) is 28.8. The Kier molecular flexibility index (Phi) is 3.96. The smallest absolute Gasteiger partial charge is 0.270 e. The summed E-state index contributed by atoms with van der Waals surface area (Å²) in [6.45, 7) is -0.601. The molecular weight excluding hydrogens is 339 g/mol. The zero-order chi connectivity index (χ0) is 18.4. The van der Waals surface area contributed by atoms with Crippen molar-refractivity contribution >= 4 is 17.6 Å². The molecule has 3 rings (SSSR count). The van der Waals surface area contributed by atoms with Crippen LogP contribution in [0.4, 0.5) is 19.0 Å². The molecule has 0 radical (unpaired) electrons. The molecule has 2 heterocycles. The molecule has 0 unspecified atom stereocenters. The van der Waals surface area contributed by atoms with Crippen molar-refractivity contribution in [2.24, 2.45) is 5.73 Å². The zero-order valence-electron chi connectivity index (χ0n) is 12.9. The second kappa shape index (κ2) is 5.85. The zero-order valence-corrected chi connectivity index (χ0v) is 12.9. The Bertz CT molecular complexity index is 873. The summed E-state index contributed by atoms with van der Waals surface area (Å²) < 4.78 is 46.9. The highest BCUT2D eigenvalue weighted by Crippen LogP contribution is 2.47. The van der Waals surface area contributed by atoms with Gasteiger partial charge in [-0.15, -0.1) is 0 Å². The first-order chi connectivity index (χ1) is 11.8. The van der Waals surface area contributed by atoms with Crippen molar-refractivity contribution < 1.29 is 27.5 Å². The van der Waals surface area contributed by atoms with Crippen LogP contribution in [0.2, 0.25) is 0 Å². The molecule has 1 aliphatic heterocycles. The third-order valence-electron chi connectivity index (χ3n) is 3.98. The molecule has 0 spiro atoms. The number of nitrogens with two attached hydrogens (primary N) is 1. The van der Waals surface area contributed by atoms with Crippen molar-refractivity contribution in [2.45, 2.75) is 5.60 Å². The van der Waals surface area contributed by atoms with Gasteiger partial charge in [-0.1, -0.05) is 12.1 Å². The molecule has 9 heteroatoms. The van der Waals surface area contributed by atoms with E-state index < -0.39 is 47.0 Å². The number of carbonyl (C=O) groups is 2. The molecule has 0 saturated carbocycles. The van der Waals surface area contributed by atoms with Gasteiger partial charge in [-0.25, -0.2) is 18.2 Å². The molecule has 0 aliphatic carbocycles. The molecular formula is C16H12F3N3O3. The number of primary amides is 1. The second-order valence-electron chi connectivity index (χ2n) is 5.37. The van der Waals surface area contributed by atoms with E-state index in [9.17, 15) is 22.8 Å². The fourth-order valence-electron chi connectivity index (χ4n) is 2.93. The molecule has 1 atom stereocenters. The summed E-state index contributed by atoms with van der Waals surface area (Å²) in [6.07, 6.45) is 0.589. The maximum absolute atomic E-state index is 14.6. The molecule has 1 aromatic carbocycles. The molecule has 1 aromatic heterocycles. The van der Waals surface area contributed by atoms with Crippen molar-refractivity contribution in [2.75, 3.05) is 18.6 Å². The third-order valence-corrected chi connectivity index (χ3v) is 3.98. The minimum atomic E-state index is -2.11. The first kappa shape index (κ1) is 16.9. The molecule has 2 aromatic rings. The largest absolute Gasteiger partial charge is 0.368 e. The average Bonchev–Trinajstić information content (AvgIpc) is 2.81. The molecule has 0 fully saturated rings. The number of rotatable bonds is 4. The molecule has 0 saturated heterocycles. The number of fused-ring (bicyclic) bond motifs is 1. The van der Waals surface area contributed by atoms with Crippen molar-refractivity contribution in [1.82, 2.24) is 4.98 Å². The Morgan fingerprint density at radius 3 is 2.48 bits per heavy atom. The van der Waals surface area contributed by atoms with Crippen LogP contribution >= 0.6 is 0 Å². The van der Waals surface area contributed by atoms with Crippen LogP contribution in [0.3, 0.4) is 0 Å². The van der Waals surface area contributed by atoms with Crippen molar-refractivity contribution in [3.63, 3.8) is 0 Å². The highest BCUT2D eigenvalue weighted by Gasteiger charge is 2.56. The molecule has 2 N–H and O–H groups in total. The van der Waals surface area contributed by atoms with E-state index in [1.54, 1.807) is 0 Å². The van der Waals surface area contributed by atoms with E-state index in [1.165, 1.54) is 12.1 Å². The lowest BCUT2D eigenvalue weighted by molar-refractivity contribution is -0.136. The lowest BCUT2D eigenvalue weighted by atomic mass is 9.87. The molecule has 25 heavy (non-hydrogen) atoms. The number of amides is 2. The van der Waals surface area contributed by atoms with Gasteiger partial charge in [0.25, 0.3) is 5.91 Å². The van der Waals surface area contributed by atoms with Gasteiger partial charge in [0, 0.05) is 7.11 Å². The first-order valence-corrected chi connectivity index (χ1v) is 7.09. The minimum Gasteiger partial charge on any atom is -0.368 e. The number of benzene rings is 1. The van der Waals surface area contributed by atoms with Gasteiger partial charge in [-0.3, -0.25) is 14.5 Å². The quantitative estimate of drug-likeness (QED) is 0.898. The summed E-state index contributed by atoms with van der Waals surface area (Å²) in [5, 5.41) is 0. The number of pyridine rings is 1. The van der Waals surface area contributed by atoms with E-state index in [0.717, 1.165) is 24.1 Å². The number of halogens is 3. The average molecular weight is 351 g/mol. The van der Waals surface area contributed by atoms with Crippen LogP contribution in [0.25, 0.3) is 0 Å². The summed E-state index contributed by atoms with van der Waals surface area (Å²) in [5.74, 6) is -5.28. The fourth-order valence-corrected chi connectivity index (χ4v) is 2.93. The maximum Gasteiger partial charge on any atom is 0.270 e. The Morgan fingerprint density at radius 2 is 1.92 bits per heavy atom. The first-order valence-electron chi connectivity index (χ1n) is 7.09. The SMILES string of the molecule is CO[C@]1(c2ccc(F)cc2)C(=O)N(CC(N)=O)c2ncc(F)c(F)c21. The maximum atomic E-state index is 14.6. The number of hydrogen-bond donors (Lipinski definition) is 1. The number of hydrogen-bond acceptors (Lipinski definition) is 4. The lowest BCUT2D eigenvalue weighted by Gasteiger charge is -2.27. The highest BCUT2D eigenvalue weighted by molar-refractivity contribution is 6.10. The lowest BCUT2D eigenvalue weighted by Crippen LogP contribution is -2.45. The summed E-state index contributed by atoms with van der Waals surface area (Å²) in [5.41, 5.74) is 2.58. The van der Waals surface area contributed by atoms with Gasteiger partial charge in [-0.05, 0) is 17.7 Å². The monoisotopic (exact) mass is 351 g/mol. The van der Waals surface area contributed by atoms with Crippen LogP contribution in [0.5, 0.6) is 0 Å². The van der Waals surface area contributed by atoms with Crippen LogP contribution < -0.4 is 10.6 Å². The summed E-state index contributed by atoms with van der Waals surface area (Å²) >= 11 is 0. The number of carbonyl (C=O) groups excluding carboxylic acids is 2. The van der Waals surface area contributed by atoms with E-state index in [0.29, 0.717) is 6.20 Å². The van der Waals surface area contributed by atoms with E-state index in [-0.39, 0.29) is 11.4 Å². The number of nitrogens with zero attached hydrogens (tertiary/aromatic N) is 2. The van der Waals surface area contributed by atoms with E-state index >= 15 is 0 Å². The number of methoxy groups -OCH3 is 1. The Labute approximate surface area is 140 Å². The number of ether oxygens (including phenoxy) is 1. The highest BCUT2D eigenvalue weighted by atomic mass is 19.2. The molecule has 2 amide bonds. The topological polar surface area (TPSA) is 85.5 Å². The predicted octanol–water partition coefficient (Wildman–Crippen LogP) is 1.22. The normalized spacial score (nSPS) is 19.2. The van der Waals surface area contributed by atoms with Crippen molar-refractivity contribution in [3.8, 4) is 0 Å². The van der Waals surface area contributed by atoms with Gasteiger partial charge in [-0.2, -0.15) is 0 Å². The standard InChI is InChI=1S/C16H12F3N3O3/c1-25-16(8-2-4-9(17)5-3-8)12-13(19)10(18)6-21-14(12)22(15(16)24)7-11(20)23/h2-6H,7H2,1H3,(H2,20,23)/t16-/m0/s1. The Hall–Kier alpha value is -2.94. The molecule has 6 nitrogen and oxygen atoms in total. The van der Waals surface area contributed by atoms with Crippen LogP contribution in [-0.4, -0.2) is 30.5 Å². The summed E-state index contributed by atoms with van der Waals surface area (Å²) in [7, 11) is 1.11. The van der Waals surface area contributed by atoms with Gasteiger partial charge in [0.05, 0.1) is 11.8 Å². The van der Waals surface area contributed by atoms with Crippen LogP contribution in [0.15, 0.2) is 30.5 Å². The van der Waals surface area contributed by atoms with Gasteiger partial charge >= 0.3 is 0 Å². The summed E-state index contributed by atoms with van der Waals surface area (Å²) in [6, 6.07) is 4.51. The Balaban J connectivity index is 2.33. The molecule has 1 aliphatic rings. The van der Waals surface area contributed by atoms with Crippen molar-refractivity contribution in [1.29, 1.82) is 0 Å². The number of anilines is 1. The Morgan fingerprint density at radius 1 is 1.28 bits per heavy atom. The van der Waals surface area contributed by atoms with Gasteiger partial charge in [0.2, 0.25) is 11.5 Å². The van der Waals surface area contributed by atoms with Crippen molar-refractivity contribution in [3.05, 3.63) is 59.0 Å². The third kappa shape index (κ3) is 2.35. The van der Waals surface area contributed by atoms with Gasteiger partial charge < -0.3 is 10.5 Å². The van der Waals surface area contributed by atoms with E-state index in [4.69, 9.17) is 10.5 Å². The number of aromatic nitrogens is 1. The van der Waals surface area contributed by atoms with Crippen LogP contribution in [0, 0.1) is 17.5 Å². The van der Waals surface area contributed by atoms with Gasteiger partial charge in [0.15, 0.2) is 11.6 Å². The fraction of sp³-hybridized carbons (Fsp3) is 0.188. The predicted molar refractivity (Wildman–Crippen MR) is 79.9 cm³/mol. The minimum absolute atomic E-state index is 0.0564. The van der Waals surface area contributed by atoms with E-state index in [1.807, 2.05) is 0 Å². The second-order valence-corrected chi connectivity index (χ2v) is 5.37. The van der Waals surface area contributed by atoms with Gasteiger partial charge in [0.1, 0.15) is 18.2 Å². The molecule has 0 bridgehead atoms. The van der Waals surface area contributed by atoms with Crippen LogP contribution in [0.1, 0.15) is 11.1 Å².